The summed E-state index contributed by atoms with van der Waals surface area (Å²) in [5, 5.41) is 12.8. The minimum absolute atomic E-state index is 0.272. The predicted molar refractivity (Wildman–Crippen MR) is 102 cm³/mol. The SMILES string of the molecule is O=C(NO)c1ccc(-c2cc3c(NCc4ccc(F)cc4)ncnc3[nH]2)cc1. The van der Waals surface area contributed by atoms with Crippen LogP contribution in [0.3, 0.4) is 0 Å². The Morgan fingerprint density at radius 2 is 1.82 bits per heavy atom. The lowest BCUT2D eigenvalue weighted by atomic mass is 10.1. The number of aromatic nitrogens is 3. The zero-order chi connectivity index (χ0) is 19.5. The first-order valence-electron chi connectivity index (χ1n) is 8.51. The molecule has 2 heterocycles. The minimum atomic E-state index is -0.568. The van der Waals surface area contributed by atoms with E-state index in [-0.39, 0.29) is 5.82 Å². The molecule has 4 rings (SSSR count). The maximum absolute atomic E-state index is 13.0. The van der Waals surface area contributed by atoms with Crippen LogP contribution < -0.4 is 10.8 Å². The van der Waals surface area contributed by atoms with E-state index < -0.39 is 5.91 Å². The number of nitrogens with one attached hydrogen (secondary N) is 3. The van der Waals surface area contributed by atoms with E-state index >= 15 is 0 Å². The Labute approximate surface area is 159 Å². The highest BCUT2D eigenvalue weighted by Crippen LogP contribution is 2.27. The average molecular weight is 377 g/mol. The first kappa shape index (κ1) is 17.6. The molecule has 0 unspecified atom stereocenters. The van der Waals surface area contributed by atoms with Gasteiger partial charge in [-0.25, -0.2) is 19.8 Å². The number of nitrogens with zero attached hydrogens (tertiary/aromatic N) is 2. The third-order valence-electron chi connectivity index (χ3n) is 4.36. The molecule has 0 aliphatic carbocycles. The second kappa shape index (κ2) is 7.45. The number of carbonyl (C=O) groups is 1. The molecule has 2 aromatic carbocycles. The van der Waals surface area contributed by atoms with E-state index in [1.165, 1.54) is 18.5 Å². The number of hydrogen-bond donors (Lipinski definition) is 4. The van der Waals surface area contributed by atoms with Crippen molar-refractivity contribution in [1.29, 1.82) is 0 Å². The first-order valence-corrected chi connectivity index (χ1v) is 8.51. The highest BCUT2D eigenvalue weighted by Gasteiger charge is 2.10. The van der Waals surface area contributed by atoms with Gasteiger partial charge >= 0.3 is 0 Å². The summed E-state index contributed by atoms with van der Waals surface area (Å²) in [6.07, 6.45) is 1.46. The molecule has 2 aromatic heterocycles. The van der Waals surface area contributed by atoms with Crippen LogP contribution in [0.25, 0.3) is 22.3 Å². The van der Waals surface area contributed by atoms with E-state index in [1.807, 2.05) is 6.07 Å². The molecule has 4 aromatic rings. The van der Waals surface area contributed by atoms with Crippen molar-refractivity contribution in [1.82, 2.24) is 20.4 Å². The zero-order valence-corrected chi connectivity index (χ0v) is 14.6. The Morgan fingerprint density at radius 1 is 1.07 bits per heavy atom. The summed E-state index contributed by atoms with van der Waals surface area (Å²) in [5.74, 6) is -0.180. The van der Waals surface area contributed by atoms with Crippen molar-refractivity contribution < 1.29 is 14.4 Å². The molecular formula is C20H16FN5O2. The van der Waals surface area contributed by atoms with E-state index in [1.54, 1.807) is 41.9 Å². The predicted octanol–water partition coefficient (Wildman–Crippen LogP) is 3.50. The van der Waals surface area contributed by atoms with Crippen molar-refractivity contribution >= 4 is 22.8 Å². The number of hydrogen-bond acceptors (Lipinski definition) is 5. The van der Waals surface area contributed by atoms with Crippen LogP contribution in [0.5, 0.6) is 0 Å². The Balaban J connectivity index is 1.59. The molecule has 0 aliphatic rings. The minimum Gasteiger partial charge on any atom is -0.365 e. The fourth-order valence-corrected chi connectivity index (χ4v) is 2.89. The number of carbonyl (C=O) groups excluding carboxylic acids is 1. The molecule has 4 N–H and O–H groups in total. The van der Waals surface area contributed by atoms with Gasteiger partial charge in [-0.3, -0.25) is 10.0 Å². The monoisotopic (exact) mass is 377 g/mol. The molecule has 7 nitrogen and oxygen atoms in total. The van der Waals surface area contributed by atoms with Crippen LogP contribution in [-0.4, -0.2) is 26.1 Å². The summed E-state index contributed by atoms with van der Waals surface area (Å²) in [5.41, 5.74) is 5.23. The van der Waals surface area contributed by atoms with Gasteiger partial charge in [0.15, 0.2) is 0 Å². The smallest absolute Gasteiger partial charge is 0.274 e. The van der Waals surface area contributed by atoms with Crippen LogP contribution >= 0.6 is 0 Å². The van der Waals surface area contributed by atoms with Crippen molar-refractivity contribution in [3.63, 3.8) is 0 Å². The molecule has 0 atom stereocenters. The Morgan fingerprint density at radius 3 is 2.54 bits per heavy atom. The van der Waals surface area contributed by atoms with Gasteiger partial charge in [0.05, 0.1) is 5.39 Å². The van der Waals surface area contributed by atoms with Gasteiger partial charge in [0, 0.05) is 17.8 Å². The second-order valence-corrected chi connectivity index (χ2v) is 6.17. The van der Waals surface area contributed by atoms with Crippen LogP contribution in [0.1, 0.15) is 15.9 Å². The van der Waals surface area contributed by atoms with Gasteiger partial charge in [0.25, 0.3) is 5.91 Å². The first-order chi connectivity index (χ1) is 13.6. The molecular weight excluding hydrogens is 361 g/mol. The van der Waals surface area contributed by atoms with E-state index in [0.717, 1.165) is 22.2 Å². The molecule has 0 fully saturated rings. The van der Waals surface area contributed by atoms with Crippen LogP contribution in [0, 0.1) is 5.82 Å². The number of halogens is 1. The largest absolute Gasteiger partial charge is 0.365 e. The molecule has 0 spiro atoms. The van der Waals surface area contributed by atoms with Gasteiger partial charge in [0.1, 0.15) is 23.6 Å². The maximum atomic E-state index is 13.0. The van der Waals surface area contributed by atoms with Crippen molar-refractivity contribution in [3.05, 3.63) is 77.9 Å². The lowest BCUT2D eigenvalue weighted by molar-refractivity contribution is 0.0706. The van der Waals surface area contributed by atoms with Gasteiger partial charge in [-0.1, -0.05) is 24.3 Å². The van der Waals surface area contributed by atoms with Gasteiger partial charge in [-0.2, -0.15) is 0 Å². The van der Waals surface area contributed by atoms with Crippen LogP contribution in [-0.2, 0) is 6.54 Å². The summed E-state index contributed by atoms with van der Waals surface area (Å²) in [6, 6.07) is 15.0. The molecule has 140 valence electrons. The van der Waals surface area contributed by atoms with Crippen molar-refractivity contribution in [2.24, 2.45) is 0 Å². The number of hydroxylamine groups is 1. The highest BCUT2D eigenvalue weighted by molar-refractivity contribution is 5.94. The number of rotatable bonds is 5. The number of amides is 1. The lowest BCUT2D eigenvalue weighted by Gasteiger charge is -2.06. The highest BCUT2D eigenvalue weighted by atomic mass is 19.1. The summed E-state index contributed by atoms with van der Waals surface area (Å²) >= 11 is 0. The van der Waals surface area contributed by atoms with E-state index in [2.05, 4.69) is 20.3 Å². The Kier molecular flexibility index (Phi) is 4.69. The number of benzene rings is 2. The molecule has 0 saturated heterocycles. The number of aromatic amines is 1. The van der Waals surface area contributed by atoms with Crippen LogP contribution in [0.15, 0.2) is 60.9 Å². The molecule has 0 radical (unpaired) electrons. The van der Waals surface area contributed by atoms with Crippen molar-refractivity contribution in [3.8, 4) is 11.3 Å². The van der Waals surface area contributed by atoms with Gasteiger partial charge in [0.2, 0.25) is 0 Å². The summed E-state index contributed by atoms with van der Waals surface area (Å²) < 4.78 is 13.0. The standard InChI is InChI=1S/C20H16FN5O2/c21-15-7-1-12(2-8-15)10-22-18-16-9-17(25-19(16)24-11-23-18)13-3-5-14(6-4-13)20(27)26-28/h1-9,11,28H,10H2,(H,26,27)(H2,22,23,24,25). The topological polar surface area (TPSA) is 103 Å². The van der Waals surface area contributed by atoms with E-state index in [0.29, 0.717) is 23.6 Å². The fourth-order valence-electron chi connectivity index (χ4n) is 2.89. The second-order valence-electron chi connectivity index (χ2n) is 6.17. The Hall–Kier alpha value is -3.78. The third-order valence-corrected chi connectivity index (χ3v) is 4.36. The zero-order valence-electron chi connectivity index (χ0n) is 14.6. The molecule has 0 bridgehead atoms. The third kappa shape index (κ3) is 3.53. The van der Waals surface area contributed by atoms with Gasteiger partial charge < -0.3 is 10.3 Å². The summed E-state index contributed by atoms with van der Waals surface area (Å²) in [6.45, 7) is 0.498. The van der Waals surface area contributed by atoms with Gasteiger partial charge in [-0.05, 0) is 41.5 Å². The number of anilines is 1. The number of fused-ring (bicyclic) bond motifs is 1. The summed E-state index contributed by atoms with van der Waals surface area (Å²) in [7, 11) is 0. The van der Waals surface area contributed by atoms with Crippen LogP contribution in [0.4, 0.5) is 10.2 Å². The summed E-state index contributed by atoms with van der Waals surface area (Å²) in [4.78, 5) is 23.2. The maximum Gasteiger partial charge on any atom is 0.274 e. The van der Waals surface area contributed by atoms with Crippen molar-refractivity contribution in [2.75, 3.05) is 5.32 Å². The van der Waals surface area contributed by atoms with E-state index in [4.69, 9.17) is 5.21 Å². The Bertz CT molecular complexity index is 1120. The molecule has 0 saturated carbocycles. The van der Waals surface area contributed by atoms with Crippen molar-refractivity contribution in [2.45, 2.75) is 6.54 Å². The van der Waals surface area contributed by atoms with Gasteiger partial charge in [-0.15, -0.1) is 0 Å². The molecule has 1 amide bonds. The molecule has 8 heteroatoms. The van der Waals surface area contributed by atoms with E-state index in [9.17, 15) is 9.18 Å². The normalized spacial score (nSPS) is 10.8. The lowest BCUT2D eigenvalue weighted by Crippen LogP contribution is -2.18. The quantitative estimate of drug-likeness (QED) is 0.315. The fraction of sp³-hybridized carbons (Fsp3) is 0.0500. The molecule has 0 aliphatic heterocycles. The number of H-pyrrole nitrogens is 1. The average Bonchev–Trinajstić information content (AvgIpc) is 3.18. The molecule has 28 heavy (non-hydrogen) atoms. The van der Waals surface area contributed by atoms with Crippen LogP contribution in [0.2, 0.25) is 0 Å².